The highest BCUT2D eigenvalue weighted by Crippen LogP contribution is 2.24. The Bertz CT molecular complexity index is 690. The quantitative estimate of drug-likeness (QED) is 0.775. The molecule has 0 atom stereocenters. The van der Waals surface area contributed by atoms with Crippen molar-refractivity contribution in [2.75, 3.05) is 0 Å². The van der Waals surface area contributed by atoms with E-state index in [-0.39, 0.29) is 11.9 Å². The number of aromatic nitrogens is 1. The number of ether oxygens (including phenoxy) is 1. The van der Waals surface area contributed by atoms with Crippen molar-refractivity contribution in [2.45, 2.75) is 33.3 Å². The average Bonchev–Trinajstić information content (AvgIpc) is 2.44. The smallest absolute Gasteiger partial charge is 0.216 e. The number of nitrogens with zero attached hydrogens (tertiary/aromatic N) is 2. The predicted octanol–water partition coefficient (Wildman–Crippen LogP) is 4.46. The van der Waals surface area contributed by atoms with Crippen LogP contribution < -0.4 is 4.74 Å². The number of pyridine rings is 1. The summed E-state index contributed by atoms with van der Waals surface area (Å²) >= 11 is 0. The molecule has 0 N–H and O–H groups in total. The van der Waals surface area contributed by atoms with Crippen LogP contribution >= 0.6 is 0 Å². The molecule has 1 heterocycles. The molecule has 2 rings (SSSR count). The van der Waals surface area contributed by atoms with E-state index in [9.17, 15) is 4.39 Å². The largest absolute Gasteiger partial charge is 0.475 e. The Kier molecular flexibility index (Phi) is 4.54. The molecule has 0 amide bonds. The lowest BCUT2D eigenvalue weighted by Crippen LogP contribution is -2.09. The first-order valence-corrected chi connectivity index (χ1v) is 6.78. The van der Waals surface area contributed by atoms with Gasteiger partial charge in [-0.15, -0.1) is 0 Å². The molecule has 1 aromatic carbocycles. The summed E-state index contributed by atoms with van der Waals surface area (Å²) in [4.78, 5) is 7.44. The van der Waals surface area contributed by atoms with Crippen LogP contribution in [0.2, 0.25) is 0 Å². The maximum Gasteiger partial charge on any atom is 0.216 e. The summed E-state index contributed by atoms with van der Waals surface area (Å²) in [6, 6.07) is 6.42. The number of hydrogen-bond acceptors (Lipinski definition) is 2. The van der Waals surface area contributed by atoms with Crippen LogP contribution in [0.1, 0.15) is 30.5 Å². The first kappa shape index (κ1) is 15.0. The molecule has 3 nitrogen and oxygen atoms in total. The molecule has 0 bridgehead atoms. The monoisotopic (exact) mass is 284 g/mol. The molecular formula is C17H17FN2O. The third kappa shape index (κ3) is 3.57. The minimum atomic E-state index is -0.356. The number of hydrogen-bond donors (Lipinski definition) is 0. The van der Waals surface area contributed by atoms with E-state index in [0.29, 0.717) is 23.6 Å². The summed E-state index contributed by atoms with van der Waals surface area (Å²) in [6.07, 6.45) is 2.17. The van der Waals surface area contributed by atoms with E-state index >= 15 is 0 Å². The molecule has 4 heteroatoms. The van der Waals surface area contributed by atoms with E-state index in [4.69, 9.17) is 11.3 Å². The van der Waals surface area contributed by atoms with E-state index in [1.54, 1.807) is 18.3 Å². The molecule has 0 fully saturated rings. The lowest BCUT2D eigenvalue weighted by molar-refractivity contribution is 0.230. The van der Waals surface area contributed by atoms with Crippen LogP contribution in [0.25, 0.3) is 4.85 Å². The van der Waals surface area contributed by atoms with Crippen LogP contribution in [0, 0.1) is 19.3 Å². The van der Waals surface area contributed by atoms with E-state index in [2.05, 4.69) is 9.83 Å². The van der Waals surface area contributed by atoms with Crippen molar-refractivity contribution in [2.24, 2.45) is 0 Å². The van der Waals surface area contributed by atoms with Gasteiger partial charge in [-0.1, -0.05) is 12.1 Å². The Morgan fingerprint density at radius 2 is 2.05 bits per heavy atom. The normalized spacial score (nSPS) is 10.5. The highest BCUT2D eigenvalue weighted by molar-refractivity contribution is 5.47. The first-order valence-electron chi connectivity index (χ1n) is 6.78. The summed E-state index contributed by atoms with van der Waals surface area (Å²) in [5.41, 5.74) is 2.76. The Morgan fingerprint density at radius 3 is 2.67 bits per heavy atom. The topological polar surface area (TPSA) is 26.5 Å². The highest BCUT2D eigenvalue weighted by Gasteiger charge is 2.11. The van der Waals surface area contributed by atoms with Gasteiger partial charge in [0.25, 0.3) is 0 Å². The molecule has 0 spiro atoms. The zero-order valence-corrected chi connectivity index (χ0v) is 12.4. The molecule has 0 aliphatic carbocycles. The SMILES string of the molecule is [C-]#[N+]c1ccc(Cc2ccnc(OC(C)C)c2C)c(F)c1. The molecule has 0 aliphatic rings. The van der Waals surface area contributed by atoms with Gasteiger partial charge in [0.05, 0.1) is 12.7 Å². The van der Waals surface area contributed by atoms with Gasteiger partial charge in [0.15, 0.2) is 5.69 Å². The summed E-state index contributed by atoms with van der Waals surface area (Å²) in [6.45, 7) is 12.7. The van der Waals surface area contributed by atoms with Gasteiger partial charge < -0.3 is 4.74 Å². The molecular weight excluding hydrogens is 267 g/mol. The summed E-state index contributed by atoms with van der Waals surface area (Å²) in [7, 11) is 0. The standard InChI is InChI=1S/C17H17FN2O/c1-11(2)21-17-12(3)13(7-8-20-17)9-14-5-6-15(19-4)10-16(14)18/h5-8,10-11H,9H2,1-3H3. The van der Waals surface area contributed by atoms with Gasteiger partial charge >= 0.3 is 0 Å². The van der Waals surface area contributed by atoms with Crippen LogP contribution in [-0.4, -0.2) is 11.1 Å². The molecule has 108 valence electrons. The van der Waals surface area contributed by atoms with Gasteiger partial charge in [-0.05, 0) is 44.0 Å². The van der Waals surface area contributed by atoms with Gasteiger partial charge in [-0.2, -0.15) is 0 Å². The van der Waals surface area contributed by atoms with Crippen molar-refractivity contribution in [1.29, 1.82) is 0 Å². The molecule has 1 aromatic heterocycles. The third-order valence-corrected chi connectivity index (χ3v) is 3.16. The fourth-order valence-electron chi connectivity index (χ4n) is 2.04. The Hall–Kier alpha value is -2.41. The second-order valence-electron chi connectivity index (χ2n) is 5.13. The summed E-state index contributed by atoms with van der Waals surface area (Å²) in [5.74, 6) is 0.228. The number of benzene rings is 1. The minimum Gasteiger partial charge on any atom is -0.475 e. The van der Waals surface area contributed by atoms with Crippen molar-refractivity contribution < 1.29 is 9.13 Å². The lowest BCUT2D eigenvalue weighted by atomic mass is 10.0. The van der Waals surface area contributed by atoms with E-state index < -0.39 is 0 Å². The van der Waals surface area contributed by atoms with Gasteiger partial charge in [0.2, 0.25) is 5.88 Å². The Balaban J connectivity index is 2.30. The van der Waals surface area contributed by atoms with Crippen LogP contribution in [0.15, 0.2) is 30.5 Å². The fraction of sp³-hybridized carbons (Fsp3) is 0.294. The molecule has 2 aromatic rings. The van der Waals surface area contributed by atoms with Crippen LogP contribution in [0.5, 0.6) is 5.88 Å². The van der Waals surface area contributed by atoms with Gasteiger partial charge in [-0.25, -0.2) is 14.2 Å². The minimum absolute atomic E-state index is 0.0427. The average molecular weight is 284 g/mol. The zero-order valence-electron chi connectivity index (χ0n) is 12.4. The van der Waals surface area contributed by atoms with E-state index in [0.717, 1.165) is 11.1 Å². The lowest BCUT2D eigenvalue weighted by Gasteiger charge is -2.14. The van der Waals surface area contributed by atoms with Crippen LogP contribution in [0.4, 0.5) is 10.1 Å². The van der Waals surface area contributed by atoms with Crippen molar-refractivity contribution in [3.63, 3.8) is 0 Å². The number of rotatable bonds is 4. The zero-order chi connectivity index (χ0) is 15.4. The molecule has 0 unspecified atom stereocenters. The van der Waals surface area contributed by atoms with Gasteiger partial charge in [-0.3, -0.25) is 0 Å². The van der Waals surface area contributed by atoms with E-state index in [1.165, 1.54) is 6.07 Å². The Labute approximate surface area is 124 Å². The van der Waals surface area contributed by atoms with E-state index in [1.807, 2.05) is 26.8 Å². The maximum absolute atomic E-state index is 14.0. The summed E-state index contributed by atoms with van der Waals surface area (Å²) in [5, 5.41) is 0. The predicted molar refractivity (Wildman–Crippen MR) is 80.2 cm³/mol. The first-order chi connectivity index (χ1) is 10.0. The van der Waals surface area contributed by atoms with Crippen molar-refractivity contribution in [3.8, 4) is 5.88 Å². The third-order valence-electron chi connectivity index (χ3n) is 3.16. The second kappa shape index (κ2) is 6.36. The summed E-state index contributed by atoms with van der Waals surface area (Å²) < 4.78 is 19.6. The van der Waals surface area contributed by atoms with Crippen LogP contribution in [-0.2, 0) is 6.42 Å². The fourth-order valence-corrected chi connectivity index (χ4v) is 2.04. The Morgan fingerprint density at radius 1 is 1.29 bits per heavy atom. The number of halogens is 1. The second-order valence-corrected chi connectivity index (χ2v) is 5.13. The molecule has 0 aliphatic heterocycles. The van der Waals surface area contributed by atoms with Crippen molar-refractivity contribution in [1.82, 2.24) is 4.98 Å². The van der Waals surface area contributed by atoms with Gasteiger partial charge in [0.1, 0.15) is 5.82 Å². The molecule has 0 saturated heterocycles. The molecule has 21 heavy (non-hydrogen) atoms. The van der Waals surface area contributed by atoms with Gasteiger partial charge in [0, 0.05) is 18.2 Å². The van der Waals surface area contributed by atoms with Crippen molar-refractivity contribution in [3.05, 3.63) is 64.4 Å². The molecule has 0 radical (unpaired) electrons. The molecule has 0 saturated carbocycles. The van der Waals surface area contributed by atoms with Crippen LogP contribution in [0.3, 0.4) is 0 Å². The van der Waals surface area contributed by atoms with Crippen molar-refractivity contribution >= 4 is 5.69 Å². The maximum atomic E-state index is 14.0. The highest BCUT2D eigenvalue weighted by atomic mass is 19.1.